The lowest BCUT2D eigenvalue weighted by molar-refractivity contribution is -0.118. The van der Waals surface area contributed by atoms with Gasteiger partial charge in [0, 0.05) is 189 Å². The Kier molecular flexibility index (Phi) is 31.9. The number of carbonyl (C=O) groups is 8. The molecule has 0 spiro atoms. The van der Waals surface area contributed by atoms with Crippen molar-refractivity contribution >= 4 is 165 Å². The molecule has 4 amide bonds. The summed E-state index contributed by atoms with van der Waals surface area (Å²) >= 11 is 22.0. The molecule has 0 atom stereocenters. The van der Waals surface area contributed by atoms with Crippen LogP contribution in [0.2, 0.25) is 15.1 Å². The van der Waals surface area contributed by atoms with E-state index in [0.717, 1.165) is 140 Å². The monoisotopic (exact) mass is 1760 g/mol. The molecule has 33 heteroatoms. The van der Waals surface area contributed by atoms with Crippen LogP contribution < -0.4 is 21.3 Å². The minimum atomic E-state index is -0.558. The Hall–Kier alpha value is -10.6. The van der Waals surface area contributed by atoms with E-state index in [0.29, 0.717) is 77.1 Å². The molecule has 29 nitrogen and oxygen atoms in total. The Labute approximate surface area is 717 Å². The molecule has 0 aliphatic carbocycles. The van der Waals surface area contributed by atoms with Crippen LogP contribution in [0.1, 0.15) is 58.6 Å². The number of nitrogens with zero attached hydrogens (tertiary/aromatic N) is 8. The van der Waals surface area contributed by atoms with Crippen LogP contribution in [-0.4, -0.2) is 284 Å². The molecule has 632 valence electrons. The van der Waals surface area contributed by atoms with Gasteiger partial charge in [0.15, 0.2) is 0 Å². The average Bonchev–Trinajstić information content (AvgIpc) is 1.66. The molecule has 11 aromatic rings. The molecule has 120 heavy (non-hydrogen) atoms. The molecule has 8 heterocycles. The highest BCUT2D eigenvalue weighted by atomic mass is 79.9. The number of aliphatic hydroxyl groups excluding tert-OH is 1. The fraction of sp³-hybridized carbons (Fsp3) is 0.333. The number of aromatic amines is 4. The van der Waals surface area contributed by atoms with Gasteiger partial charge in [-0.05, 0) is 83.4 Å². The maximum absolute atomic E-state index is 12.8. The van der Waals surface area contributed by atoms with Gasteiger partial charge in [0.05, 0.1) is 89.0 Å². The number of fused-ring (bicyclic) bond motifs is 4. The third-order valence-corrected chi connectivity index (χ3v) is 22.4. The van der Waals surface area contributed by atoms with E-state index in [1.807, 2.05) is 36.4 Å². The lowest BCUT2D eigenvalue weighted by Gasteiger charge is -2.34. The Morgan fingerprint density at radius 3 is 0.975 bits per heavy atom. The summed E-state index contributed by atoms with van der Waals surface area (Å²) < 4.78 is 20.3. The summed E-state index contributed by atoms with van der Waals surface area (Å²) in [7, 11) is 5.22. The van der Waals surface area contributed by atoms with Gasteiger partial charge in [0.2, 0.25) is 23.6 Å². The summed E-state index contributed by atoms with van der Waals surface area (Å²) in [6, 6.07) is 52.4. The van der Waals surface area contributed by atoms with Gasteiger partial charge in [0.25, 0.3) is 0 Å². The van der Waals surface area contributed by atoms with Gasteiger partial charge in [-0.25, -0.2) is 19.2 Å². The van der Waals surface area contributed by atoms with Crippen molar-refractivity contribution in [3.8, 4) is 0 Å². The number of anilines is 4. The SMILES string of the molecule is COC(=O)c1[nH]c2ccc(Br)cc2c1NC(=O)CN1CCN(CCO)CC1.COC(=O)c1[nH]c2ccc(Cl)cc2c1NC(=O)CN1CCN(Cc2ccccc2)CC1.COC(=O)c1[nH]c2ccc(Cl)cc2c1NC(=O)CN1CCN(Cc2ccccc2)CC1.COC(=O)c1[nH]c2cccc(Cl)c2c1NC(=O)CN1CCN(Cc2ccccc2)CC1. The summed E-state index contributed by atoms with van der Waals surface area (Å²) in [6.45, 7) is 18.0. The number of rotatable bonds is 24. The average molecular weight is 1760 g/mol. The summed E-state index contributed by atoms with van der Waals surface area (Å²) in [4.78, 5) is 129. The molecule has 4 aromatic heterocycles. The van der Waals surface area contributed by atoms with E-state index in [1.165, 1.54) is 45.1 Å². The number of carbonyl (C=O) groups excluding carboxylic acids is 8. The lowest BCUT2D eigenvalue weighted by Crippen LogP contribution is -2.49. The second-order valence-electron chi connectivity index (χ2n) is 29.3. The van der Waals surface area contributed by atoms with Crippen LogP contribution in [0.15, 0.2) is 168 Å². The predicted molar refractivity (Wildman–Crippen MR) is 470 cm³/mol. The Morgan fingerprint density at radius 2 is 0.642 bits per heavy atom. The Morgan fingerprint density at radius 1 is 0.350 bits per heavy atom. The standard InChI is InChI=1S/3C23H25ClN4O3.C18H23BrN4O4/c1-31-23(30)22-21(20-17(24)8-5-9-18(20)25-22)26-19(29)15-28-12-10-27(11-13-28)14-16-6-3-2-4-7-16;2*1-31-23(30)22-21(18-13-17(24)7-8-19(18)25-22)26-20(29)15-28-11-9-27(10-12-28)14-16-5-3-2-4-6-16;1-27-18(26)17-16(13-10-12(19)2-3-14(13)20-17)21-15(25)11-23-6-4-22(5-7-23)8-9-24/h2-9,25H,10-15H2,1H3,(H,26,29);2*2-8,13,25H,9-12,14-15H2,1H3,(H,26,29);2-3,10,20,24H,4-9,11H2,1H3,(H,21,25). The van der Waals surface area contributed by atoms with Crippen LogP contribution >= 0.6 is 50.7 Å². The number of hydrogen-bond donors (Lipinski definition) is 9. The van der Waals surface area contributed by atoms with Crippen molar-refractivity contribution in [2.75, 3.05) is 194 Å². The molecule has 0 bridgehead atoms. The summed E-state index contributed by atoms with van der Waals surface area (Å²) in [5, 5.41) is 24.7. The summed E-state index contributed by atoms with van der Waals surface area (Å²) in [5.41, 5.74) is 9.12. The van der Waals surface area contributed by atoms with Crippen molar-refractivity contribution in [2.24, 2.45) is 0 Å². The Balaban J connectivity index is 0.000000147. The van der Waals surface area contributed by atoms with E-state index in [1.54, 1.807) is 54.6 Å². The molecule has 0 saturated carbocycles. The number of amides is 4. The summed E-state index contributed by atoms with van der Waals surface area (Å²) in [5.74, 6) is -2.91. The number of benzene rings is 7. The van der Waals surface area contributed by atoms with E-state index >= 15 is 0 Å². The molecule has 0 unspecified atom stereocenters. The first-order chi connectivity index (χ1) is 58.1. The topological polar surface area (TPSA) is 331 Å². The largest absolute Gasteiger partial charge is 0.464 e. The molecule has 7 aromatic carbocycles. The van der Waals surface area contributed by atoms with E-state index in [-0.39, 0.29) is 79.2 Å². The highest BCUT2D eigenvalue weighted by Crippen LogP contribution is 2.37. The number of aliphatic hydroxyl groups is 1. The van der Waals surface area contributed by atoms with Crippen LogP contribution in [0.25, 0.3) is 43.6 Å². The van der Waals surface area contributed by atoms with Crippen molar-refractivity contribution in [2.45, 2.75) is 19.6 Å². The van der Waals surface area contributed by atoms with Crippen molar-refractivity contribution in [1.82, 2.24) is 59.1 Å². The van der Waals surface area contributed by atoms with Crippen molar-refractivity contribution in [3.63, 3.8) is 0 Å². The smallest absolute Gasteiger partial charge is 0.356 e. The van der Waals surface area contributed by atoms with Crippen molar-refractivity contribution in [1.29, 1.82) is 0 Å². The van der Waals surface area contributed by atoms with Crippen LogP contribution in [-0.2, 0) is 57.8 Å². The van der Waals surface area contributed by atoms with Crippen LogP contribution in [0, 0.1) is 0 Å². The zero-order valence-corrected chi connectivity index (χ0v) is 71.1. The van der Waals surface area contributed by atoms with Gasteiger partial charge >= 0.3 is 23.9 Å². The second-order valence-corrected chi connectivity index (χ2v) is 31.5. The van der Waals surface area contributed by atoms with Gasteiger partial charge in [-0.3, -0.25) is 58.4 Å². The fourth-order valence-corrected chi connectivity index (χ4v) is 15.9. The molecule has 9 N–H and O–H groups in total. The zero-order valence-electron chi connectivity index (χ0n) is 67.2. The van der Waals surface area contributed by atoms with E-state index in [9.17, 15) is 38.4 Å². The molecular weight excluding hydrogens is 1660 g/mol. The van der Waals surface area contributed by atoms with Crippen molar-refractivity contribution < 1.29 is 62.4 Å². The van der Waals surface area contributed by atoms with Crippen LogP contribution in [0.3, 0.4) is 0 Å². The predicted octanol–water partition coefficient (Wildman–Crippen LogP) is 11.4. The highest BCUT2D eigenvalue weighted by Gasteiger charge is 2.30. The van der Waals surface area contributed by atoms with Gasteiger partial charge < -0.3 is 65.3 Å². The first-order valence-corrected chi connectivity index (χ1v) is 41.3. The third kappa shape index (κ3) is 24.0. The van der Waals surface area contributed by atoms with E-state index in [4.69, 9.17) is 58.9 Å². The number of halogens is 4. The van der Waals surface area contributed by atoms with E-state index < -0.39 is 23.9 Å². The van der Waals surface area contributed by atoms with Gasteiger partial charge in [-0.15, -0.1) is 0 Å². The third-order valence-electron chi connectivity index (χ3n) is 21.2. The number of H-pyrrole nitrogens is 4. The lowest BCUT2D eigenvalue weighted by atomic mass is 10.2. The second kappa shape index (κ2) is 43.1. The fourth-order valence-electron chi connectivity index (χ4n) is 14.9. The van der Waals surface area contributed by atoms with Gasteiger partial charge in [-0.2, -0.15) is 0 Å². The molecule has 15 rings (SSSR count). The minimum Gasteiger partial charge on any atom is -0.464 e. The first kappa shape index (κ1) is 88.7. The number of nitrogens with one attached hydrogen (secondary N) is 8. The summed E-state index contributed by atoms with van der Waals surface area (Å²) in [6.07, 6.45) is 0. The number of methoxy groups -OCH3 is 4. The van der Waals surface area contributed by atoms with Gasteiger partial charge in [0.1, 0.15) is 22.8 Å². The first-order valence-electron chi connectivity index (χ1n) is 39.4. The maximum atomic E-state index is 12.8. The number of piperazine rings is 4. The molecular formula is C87H98BrCl3N16O13. The number of esters is 4. The minimum absolute atomic E-state index is 0.146. The number of aromatic nitrogens is 4. The molecule has 4 fully saturated rings. The van der Waals surface area contributed by atoms with Crippen LogP contribution in [0.4, 0.5) is 22.7 Å². The van der Waals surface area contributed by atoms with Crippen molar-refractivity contribution in [3.05, 3.63) is 223 Å². The number of hydrogen-bond acceptors (Lipinski definition) is 21. The highest BCUT2D eigenvalue weighted by molar-refractivity contribution is 9.10. The molecule has 0 radical (unpaired) electrons. The number of β-amino-alcohol motifs (C(OH)–C–C–N with tert-alkyl or cyclic N) is 1. The molecule has 4 aliphatic heterocycles. The maximum Gasteiger partial charge on any atom is 0.356 e. The zero-order chi connectivity index (χ0) is 84.8. The normalized spacial score (nSPS) is 15.3. The van der Waals surface area contributed by atoms with E-state index in [2.05, 4.69) is 169 Å². The molecule has 4 aliphatic rings. The quantitative estimate of drug-likeness (QED) is 0.0200. The van der Waals surface area contributed by atoms with Gasteiger partial charge in [-0.1, -0.05) is 148 Å². The van der Waals surface area contributed by atoms with Crippen LogP contribution in [0.5, 0.6) is 0 Å². The Bertz CT molecular complexity index is 5200. The molecule has 4 saturated heterocycles. The number of ether oxygens (including phenoxy) is 4.